The molecule has 96 valence electrons. The summed E-state index contributed by atoms with van der Waals surface area (Å²) in [7, 11) is 1.44. The Labute approximate surface area is 98.6 Å². The van der Waals surface area contributed by atoms with Crippen LogP contribution in [-0.4, -0.2) is 18.8 Å². The molecule has 0 aromatic heterocycles. The molecule has 1 aromatic carbocycles. The van der Waals surface area contributed by atoms with Gasteiger partial charge in [-0.2, -0.15) is 13.2 Å². The van der Waals surface area contributed by atoms with Gasteiger partial charge in [-0.1, -0.05) is 18.2 Å². The monoisotopic (exact) mass is 247 g/mol. The molecule has 1 aromatic rings. The number of para-hydroxylation sites is 1. The maximum absolute atomic E-state index is 12.7. The fourth-order valence-electron chi connectivity index (χ4n) is 1.64. The number of methoxy groups -OCH3 is 1. The Kier molecular flexibility index (Phi) is 3.71. The van der Waals surface area contributed by atoms with Gasteiger partial charge in [0.05, 0.1) is 7.11 Å². The molecule has 5 heteroatoms. The van der Waals surface area contributed by atoms with Crippen molar-refractivity contribution in [1.29, 1.82) is 0 Å². The lowest BCUT2D eigenvalue weighted by Crippen LogP contribution is -2.52. The van der Waals surface area contributed by atoms with Crippen LogP contribution in [0, 0.1) is 6.92 Å². The van der Waals surface area contributed by atoms with E-state index in [0.717, 1.165) is 12.5 Å². The highest BCUT2D eigenvalue weighted by atomic mass is 19.4. The molecule has 0 saturated carbocycles. The largest absolute Gasteiger partial charge is 0.496 e. The Balaban J connectivity index is 3.08. The molecule has 1 atom stereocenters. The Morgan fingerprint density at radius 1 is 1.29 bits per heavy atom. The second-order valence-electron chi connectivity index (χ2n) is 4.36. The van der Waals surface area contributed by atoms with E-state index in [1.165, 1.54) is 7.11 Å². The van der Waals surface area contributed by atoms with E-state index in [1.807, 2.05) is 0 Å². The summed E-state index contributed by atoms with van der Waals surface area (Å²) in [5.74, 6) is 0.466. The van der Waals surface area contributed by atoms with E-state index in [1.54, 1.807) is 25.1 Å². The molecule has 0 heterocycles. The molecule has 0 aliphatic heterocycles. The Morgan fingerprint density at radius 3 is 2.35 bits per heavy atom. The first-order valence-corrected chi connectivity index (χ1v) is 5.17. The summed E-state index contributed by atoms with van der Waals surface area (Å²) in [5, 5.41) is 0. The fraction of sp³-hybridized carbons (Fsp3) is 0.500. The van der Waals surface area contributed by atoms with Gasteiger partial charge in [-0.15, -0.1) is 0 Å². The summed E-state index contributed by atoms with van der Waals surface area (Å²) < 4.78 is 43.2. The second kappa shape index (κ2) is 4.56. The molecule has 1 rings (SSSR count). The predicted molar refractivity (Wildman–Crippen MR) is 60.1 cm³/mol. The molecular formula is C12H16F3NO. The number of nitrogens with two attached hydrogens (primary N) is 1. The Hall–Kier alpha value is -1.23. The lowest BCUT2D eigenvalue weighted by molar-refractivity contribution is -0.180. The van der Waals surface area contributed by atoms with Gasteiger partial charge in [-0.25, -0.2) is 0 Å². The topological polar surface area (TPSA) is 35.2 Å². The highest BCUT2D eigenvalue weighted by molar-refractivity contribution is 5.41. The van der Waals surface area contributed by atoms with Crippen LogP contribution in [0.2, 0.25) is 0 Å². The average Bonchev–Trinajstić information content (AvgIpc) is 2.15. The molecule has 17 heavy (non-hydrogen) atoms. The van der Waals surface area contributed by atoms with E-state index in [2.05, 4.69) is 0 Å². The van der Waals surface area contributed by atoms with Crippen molar-refractivity contribution in [3.8, 4) is 5.75 Å². The summed E-state index contributed by atoms with van der Waals surface area (Å²) in [4.78, 5) is 0. The van der Waals surface area contributed by atoms with E-state index >= 15 is 0 Å². The molecule has 0 saturated heterocycles. The molecule has 0 aliphatic carbocycles. The fourth-order valence-corrected chi connectivity index (χ4v) is 1.64. The van der Waals surface area contributed by atoms with Gasteiger partial charge in [0.1, 0.15) is 11.3 Å². The van der Waals surface area contributed by atoms with Gasteiger partial charge in [0, 0.05) is 6.42 Å². The van der Waals surface area contributed by atoms with E-state index < -0.39 is 11.7 Å². The van der Waals surface area contributed by atoms with Crippen LogP contribution < -0.4 is 10.5 Å². The molecular weight excluding hydrogens is 231 g/mol. The average molecular weight is 247 g/mol. The van der Waals surface area contributed by atoms with Crippen molar-refractivity contribution in [1.82, 2.24) is 0 Å². The van der Waals surface area contributed by atoms with Crippen LogP contribution in [0.25, 0.3) is 0 Å². The zero-order valence-corrected chi connectivity index (χ0v) is 10.1. The number of rotatable bonds is 3. The smallest absolute Gasteiger partial charge is 0.406 e. The Morgan fingerprint density at radius 2 is 1.88 bits per heavy atom. The maximum atomic E-state index is 12.7. The highest BCUT2D eigenvalue weighted by Gasteiger charge is 2.48. The third-order valence-corrected chi connectivity index (χ3v) is 2.70. The minimum Gasteiger partial charge on any atom is -0.496 e. The van der Waals surface area contributed by atoms with Gasteiger partial charge in [0.25, 0.3) is 0 Å². The van der Waals surface area contributed by atoms with Gasteiger partial charge in [-0.3, -0.25) is 0 Å². The van der Waals surface area contributed by atoms with Crippen molar-refractivity contribution in [2.45, 2.75) is 32.0 Å². The standard InChI is InChI=1S/C12H16F3NO/c1-8-5-4-6-9(10(8)17-3)7-11(2,16)12(13,14)15/h4-6H,7,16H2,1-3H3. The van der Waals surface area contributed by atoms with Crippen LogP contribution in [-0.2, 0) is 6.42 Å². The number of ether oxygens (including phenoxy) is 1. The van der Waals surface area contributed by atoms with Crippen LogP contribution in [0.5, 0.6) is 5.75 Å². The normalized spacial score (nSPS) is 15.5. The van der Waals surface area contributed by atoms with E-state index in [9.17, 15) is 13.2 Å². The first kappa shape index (κ1) is 13.8. The zero-order chi connectivity index (χ0) is 13.3. The number of hydrogen-bond acceptors (Lipinski definition) is 2. The SMILES string of the molecule is COc1c(C)cccc1CC(C)(N)C(F)(F)F. The number of halogens is 3. The molecule has 2 nitrogen and oxygen atoms in total. The first-order valence-electron chi connectivity index (χ1n) is 5.17. The molecule has 0 aliphatic rings. The van der Waals surface area contributed by atoms with Crippen molar-refractivity contribution < 1.29 is 17.9 Å². The molecule has 0 fully saturated rings. The maximum Gasteiger partial charge on any atom is 0.406 e. The molecule has 0 amide bonds. The molecule has 0 radical (unpaired) electrons. The van der Waals surface area contributed by atoms with Crippen molar-refractivity contribution in [2.24, 2.45) is 5.73 Å². The summed E-state index contributed by atoms with van der Waals surface area (Å²) >= 11 is 0. The third kappa shape index (κ3) is 2.91. The Bertz CT molecular complexity index is 399. The van der Waals surface area contributed by atoms with Crippen LogP contribution in [0.15, 0.2) is 18.2 Å². The predicted octanol–water partition coefficient (Wildman–Crippen LogP) is 2.83. The van der Waals surface area contributed by atoms with Crippen molar-refractivity contribution >= 4 is 0 Å². The lowest BCUT2D eigenvalue weighted by atomic mass is 9.92. The van der Waals surface area contributed by atoms with Crippen LogP contribution >= 0.6 is 0 Å². The summed E-state index contributed by atoms with van der Waals surface area (Å²) in [6, 6.07) is 5.08. The van der Waals surface area contributed by atoms with Gasteiger partial charge in [0.15, 0.2) is 0 Å². The van der Waals surface area contributed by atoms with Crippen LogP contribution in [0.4, 0.5) is 13.2 Å². The summed E-state index contributed by atoms with van der Waals surface area (Å²) in [6.45, 7) is 2.76. The minimum atomic E-state index is -4.44. The highest BCUT2D eigenvalue weighted by Crippen LogP contribution is 2.34. The number of alkyl halides is 3. The number of hydrogen-bond donors (Lipinski definition) is 1. The summed E-state index contributed by atoms with van der Waals surface area (Å²) in [6.07, 6.45) is -4.75. The van der Waals surface area contributed by atoms with Crippen molar-refractivity contribution in [3.63, 3.8) is 0 Å². The zero-order valence-electron chi connectivity index (χ0n) is 10.1. The number of benzene rings is 1. The van der Waals surface area contributed by atoms with E-state index in [4.69, 9.17) is 10.5 Å². The van der Waals surface area contributed by atoms with Crippen LogP contribution in [0.1, 0.15) is 18.1 Å². The quantitative estimate of drug-likeness (QED) is 0.891. The number of aryl methyl sites for hydroxylation is 1. The molecule has 0 spiro atoms. The van der Waals surface area contributed by atoms with E-state index in [0.29, 0.717) is 11.3 Å². The first-order chi connectivity index (χ1) is 7.69. The van der Waals surface area contributed by atoms with Crippen LogP contribution in [0.3, 0.4) is 0 Å². The van der Waals surface area contributed by atoms with Gasteiger partial charge in [0.2, 0.25) is 0 Å². The van der Waals surface area contributed by atoms with Gasteiger partial charge < -0.3 is 10.5 Å². The molecule has 0 bridgehead atoms. The van der Waals surface area contributed by atoms with Gasteiger partial charge in [-0.05, 0) is 25.0 Å². The van der Waals surface area contributed by atoms with Crippen molar-refractivity contribution in [2.75, 3.05) is 7.11 Å². The molecule has 1 unspecified atom stereocenters. The van der Waals surface area contributed by atoms with Gasteiger partial charge >= 0.3 is 6.18 Å². The lowest BCUT2D eigenvalue weighted by Gasteiger charge is -2.28. The second-order valence-corrected chi connectivity index (χ2v) is 4.36. The summed E-state index contributed by atoms with van der Waals surface area (Å²) in [5.41, 5.74) is 4.32. The minimum absolute atomic E-state index is 0.304. The van der Waals surface area contributed by atoms with E-state index in [-0.39, 0.29) is 6.42 Å². The third-order valence-electron chi connectivity index (χ3n) is 2.70. The molecule has 2 N–H and O–H groups in total. The van der Waals surface area contributed by atoms with Crippen molar-refractivity contribution in [3.05, 3.63) is 29.3 Å².